The number of fused-ring (bicyclic) bond motifs is 2. The Morgan fingerprint density at radius 2 is 2.11 bits per heavy atom. The van der Waals surface area contributed by atoms with Crippen LogP contribution < -0.4 is 10.6 Å². The van der Waals surface area contributed by atoms with Crippen molar-refractivity contribution in [3.8, 4) is 0 Å². The molecule has 146 valence electrons. The van der Waals surface area contributed by atoms with Crippen molar-refractivity contribution in [1.82, 2.24) is 20.4 Å². The molecular formula is C20H28IN5O. The molecule has 2 fully saturated rings. The highest BCUT2D eigenvalue weighted by Crippen LogP contribution is 2.34. The molecule has 0 radical (unpaired) electrons. The molecule has 2 saturated heterocycles. The van der Waals surface area contributed by atoms with Crippen LogP contribution in [0.1, 0.15) is 37.3 Å². The van der Waals surface area contributed by atoms with Crippen LogP contribution >= 0.6 is 24.0 Å². The minimum atomic E-state index is 0. The molecule has 7 heteroatoms. The second-order valence-corrected chi connectivity index (χ2v) is 7.03. The van der Waals surface area contributed by atoms with Crippen LogP contribution in [-0.2, 0) is 17.8 Å². The number of nitrogens with zero attached hydrogens (tertiary/aromatic N) is 3. The van der Waals surface area contributed by atoms with Gasteiger partial charge < -0.3 is 15.4 Å². The third kappa shape index (κ3) is 5.01. The van der Waals surface area contributed by atoms with Gasteiger partial charge in [0.25, 0.3) is 0 Å². The van der Waals surface area contributed by atoms with Crippen LogP contribution in [0.15, 0.2) is 47.7 Å². The van der Waals surface area contributed by atoms with E-state index in [1.165, 1.54) is 17.5 Å². The summed E-state index contributed by atoms with van der Waals surface area (Å²) >= 11 is 0. The topological polar surface area (TPSA) is 63.5 Å². The lowest BCUT2D eigenvalue weighted by Gasteiger charge is -2.22. The first-order valence-electron chi connectivity index (χ1n) is 9.56. The fraction of sp³-hybridized carbons (Fsp3) is 0.500. The zero-order chi connectivity index (χ0) is 17.8. The Balaban J connectivity index is 0.00000210. The van der Waals surface area contributed by atoms with Gasteiger partial charge in [-0.1, -0.05) is 24.3 Å². The van der Waals surface area contributed by atoms with Crippen LogP contribution in [0.3, 0.4) is 0 Å². The van der Waals surface area contributed by atoms with Gasteiger partial charge in [0.1, 0.15) is 0 Å². The fourth-order valence-corrected chi connectivity index (χ4v) is 3.88. The molecule has 6 nitrogen and oxygen atoms in total. The SMILES string of the molecule is CCNC(=NCc1ccccc1Cn1cccn1)NC1CC2CCC1O2.I. The van der Waals surface area contributed by atoms with Crippen LogP contribution in [0.5, 0.6) is 0 Å². The van der Waals surface area contributed by atoms with E-state index in [2.05, 4.69) is 46.9 Å². The van der Waals surface area contributed by atoms with Crippen LogP contribution in [-0.4, -0.2) is 40.5 Å². The summed E-state index contributed by atoms with van der Waals surface area (Å²) in [6.07, 6.45) is 8.04. The lowest BCUT2D eigenvalue weighted by Crippen LogP contribution is -2.47. The van der Waals surface area contributed by atoms with Crippen molar-refractivity contribution < 1.29 is 4.74 Å². The molecule has 27 heavy (non-hydrogen) atoms. The van der Waals surface area contributed by atoms with Gasteiger partial charge in [0.2, 0.25) is 0 Å². The van der Waals surface area contributed by atoms with E-state index < -0.39 is 0 Å². The molecule has 3 unspecified atom stereocenters. The molecule has 3 atom stereocenters. The number of ether oxygens (including phenoxy) is 1. The molecule has 2 aromatic rings. The Kier molecular flexibility index (Phi) is 7.12. The summed E-state index contributed by atoms with van der Waals surface area (Å²) < 4.78 is 7.89. The third-order valence-corrected chi connectivity index (χ3v) is 5.19. The minimum absolute atomic E-state index is 0. The van der Waals surface area contributed by atoms with E-state index in [-0.39, 0.29) is 24.0 Å². The maximum atomic E-state index is 5.95. The number of halogens is 1. The van der Waals surface area contributed by atoms with Crippen molar-refractivity contribution in [2.45, 2.75) is 57.5 Å². The molecule has 0 aliphatic carbocycles. The van der Waals surface area contributed by atoms with Gasteiger partial charge in [-0.05, 0) is 43.4 Å². The third-order valence-electron chi connectivity index (χ3n) is 5.19. The van der Waals surface area contributed by atoms with Gasteiger partial charge in [0, 0.05) is 18.9 Å². The van der Waals surface area contributed by atoms with E-state index >= 15 is 0 Å². The number of hydrogen-bond acceptors (Lipinski definition) is 3. The Bertz CT molecular complexity index is 749. The van der Waals surface area contributed by atoms with Gasteiger partial charge in [-0.15, -0.1) is 24.0 Å². The minimum Gasteiger partial charge on any atom is -0.373 e. The van der Waals surface area contributed by atoms with Crippen molar-refractivity contribution in [2.75, 3.05) is 6.54 Å². The van der Waals surface area contributed by atoms with E-state index in [0.717, 1.165) is 31.9 Å². The van der Waals surface area contributed by atoms with E-state index in [9.17, 15) is 0 Å². The normalized spacial score (nSPS) is 23.9. The van der Waals surface area contributed by atoms with Gasteiger partial charge in [-0.3, -0.25) is 4.68 Å². The second kappa shape index (κ2) is 9.54. The fourth-order valence-electron chi connectivity index (χ4n) is 3.88. The molecule has 2 aliphatic heterocycles. The summed E-state index contributed by atoms with van der Waals surface area (Å²) in [5.41, 5.74) is 2.48. The van der Waals surface area contributed by atoms with Gasteiger partial charge in [-0.2, -0.15) is 5.10 Å². The van der Waals surface area contributed by atoms with Crippen molar-refractivity contribution >= 4 is 29.9 Å². The predicted octanol–water partition coefficient (Wildman–Crippen LogP) is 2.92. The second-order valence-electron chi connectivity index (χ2n) is 7.03. The van der Waals surface area contributed by atoms with E-state index in [1.54, 1.807) is 0 Å². The van der Waals surface area contributed by atoms with Crippen LogP contribution in [0.25, 0.3) is 0 Å². The molecule has 2 N–H and O–H groups in total. The van der Waals surface area contributed by atoms with Gasteiger partial charge >= 0.3 is 0 Å². The molecule has 0 spiro atoms. The largest absolute Gasteiger partial charge is 0.373 e. The molecular weight excluding hydrogens is 453 g/mol. The Hall–Kier alpha value is -1.61. The molecule has 2 bridgehead atoms. The average molecular weight is 481 g/mol. The first-order chi connectivity index (χ1) is 12.8. The van der Waals surface area contributed by atoms with Crippen LogP contribution in [0, 0.1) is 0 Å². The van der Waals surface area contributed by atoms with E-state index in [4.69, 9.17) is 9.73 Å². The summed E-state index contributed by atoms with van der Waals surface area (Å²) in [5, 5.41) is 11.3. The number of aromatic nitrogens is 2. The van der Waals surface area contributed by atoms with Crippen LogP contribution in [0.4, 0.5) is 0 Å². The van der Waals surface area contributed by atoms with Gasteiger partial charge in [0.15, 0.2) is 5.96 Å². The summed E-state index contributed by atoms with van der Waals surface area (Å²) in [4.78, 5) is 4.83. The van der Waals surface area contributed by atoms with Crippen molar-refractivity contribution in [2.24, 2.45) is 4.99 Å². The van der Waals surface area contributed by atoms with Crippen LogP contribution in [0.2, 0.25) is 0 Å². The van der Waals surface area contributed by atoms with Crippen molar-refractivity contribution in [1.29, 1.82) is 0 Å². The molecule has 1 aromatic carbocycles. The lowest BCUT2D eigenvalue weighted by atomic mass is 9.96. The molecule has 0 amide bonds. The smallest absolute Gasteiger partial charge is 0.191 e. The number of benzene rings is 1. The number of nitrogens with one attached hydrogen (secondary N) is 2. The van der Waals surface area contributed by atoms with Gasteiger partial charge in [0.05, 0.1) is 31.3 Å². The molecule has 4 rings (SSSR count). The maximum absolute atomic E-state index is 5.95. The van der Waals surface area contributed by atoms with Crippen molar-refractivity contribution in [3.05, 3.63) is 53.9 Å². The summed E-state index contributed by atoms with van der Waals surface area (Å²) in [5.74, 6) is 0.877. The zero-order valence-corrected chi connectivity index (χ0v) is 18.0. The molecule has 0 saturated carbocycles. The predicted molar refractivity (Wildman–Crippen MR) is 117 cm³/mol. The Morgan fingerprint density at radius 1 is 1.26 bits per heavy atom. The van der Waals surface area contributed by atoms with Crippen molar-refractivity contribution in [3.63, 3.8) is 0 Å². The highest BCUT2D eigenvalue weighted by molar-refractivity contribution is 14.0. The van der Waals surface area contributed by atoms with Gasteiger partial charge in [-0.25, -0.2) is 4.99 Å². The zero-order valence-electron chi connectivity index (χ0n) is 15.7. The number of rotatable bonds is 6. The number of aliphatic imine (C=N–C) groups is 1. The molecule has 2 aliphatic rings. The average Bonchev–Trinajstić information content (AvgIpc) is 3.39. The summed E-state index contributed by atoms with van der Waals surface area (Å²) in [6, 6.07) is 10.8. The standard InChI is InChI=1S/C20H27N5O.HI/c1-2-21-20(24-18-12-17-8-9-19(18)26-17)22-13-15-6-3-4-7-16(15)14-25-11-5-10-23-25;/h3-7,10-11,17-19H,2,8-9,12-14H2,1H3,(H2,21,22,24);1H. The number of guanidine groups is 1. The first kappa shape index (κ1) is 20.1. The molecule has 1 aromatic heterocycles. The van der Waals surface area contributed by atoms with E-state index in [0.29, 0.717) is 24.8 Å². The quantitative estimate of drug-likeness (QED) is 0.379. The Morgan fingerprint density at radius 3 is 2.78 bits per heavy atom. The lowest BCUT2D eigenvalue weighted by molar-refractivity contribution is 0.0992. The molecule has 3 heterocycles. The summed E-state index contributed by atoms with van der Waals surface area (Å²) in [6.45, 7) is 4.36. The first-order valence-corrected chi connectivity index (χ1v) is 9.56. The highest BCUT2D eigenvalue weighted by atomic mass is 127. The number of hydrogen-bond donors (Lipinski definition) is 2. The van der Waals surface area contributed by atoms with E-state index in [1.807, 2.05) is 23.1 Å². The monoisotopic (exact) mass is 481 g/mol. The summed E-state index contributed by atoms with van der Waals surface area (Å²) in [7, 11) is 0. The maximum Gasteiger partial charge on any atom is 0.191 e. The Labute approximate surface area is 177 Å². The highest BCUT2D eigenvalue weighted by Gasteiger charge is 2.41.